The summed E-state index contributed by atoms with van der Waals surface area (Å²) in [5.74, 6) is 1.60. The van der Waals surface area contributed by atoms with Crippen LogP contribution in [0.2, 0.25) is 0 Å². The molecule has 0 aromatic heterocycles. The molecule has 1 unspecified atom stereocenters. The van der Waals surface area contributed by atoms with Crippen molar-refractivity contribution in [3.8, 4) is 0 Å². The molecule has 2 rings (SSSR count). The second-order valence-corrected chi connectivity index (χ2v) is 4.34. The maximum absolute atomic E-state index is 9.65. The smallest absolute Gasteiger partial charge is 0.0599 e. The van der Waals surface area contributed by atoms with Crippen LogP contribution in [0.15, 0.2) is 0 Å². The van der Waals surface area contributed by atoms with E-state index < -0.39 is 0 Å². The highest BCUT2D eigenvalue weighted by atomic mass is 16.3. The van der Waals surface area contributed by atoms with Crippen LogP contribution in [0, 0.1) is 17.3 Å². The van der Waals surface area contributed by atoms with Gasteiger partial charge in [-0.05, 0) is 36.5 Å². The highest BCUT2D eigenvalue weighted by Crippen LogP contribution is 2.57. The molecular weight excluding hydrogens is 124 g/mol. The van der Waals surface area contributed by atoms with Gasteiger partial charge >= 0.3 is 0 Å². The van der Waals surface area contributed by atoms with Crippen molar-refractivity contribution < 1.29 is 5.11 Å². The van der Waals surface area contributed by atoms with Crippen LogP contribution in [-0.4, -0.2) is 11.2 Å². The molecule has 1 N–H and O–H groups in total. The summed E-state index contributed by atoms with van der Waals surface area (Å²) in [5.41, 5.74) is 0.282. The normalized spacial score (nSPS) is 59.7. The van der Waals surface area contributed by atoms with Crippen molar-refractivity contribution in [1.29, 1.82) is 0 Å². The number of rotatable bonds is 0. The fourth-order valence-corrected chi connectivity index (χ4v) is 2.86. The van der Waals surface area contributed by atoms with Crippen LogP contribution in [0.5, 0.6) is 0 Å². The Bertz CT molecular complexity index is 155. The lowest BCUT2D eigenvalue weighted by Crippen LogP contribution is -2.29. The van der Waals surface area contributed by atoms with Crippen LogP contribution in [0.1, 0.15) is 33.1 Å². The van der Waals surface area contributed by atoms with Gasteiger partial charge in [0.05, 0.1) is 6.10 Å². The molecule has 2 saturated carbocycles. The Kier molecular flexibility index (Phi) is 1.17. The van der Waals surface area contributed by atoms with Crippen molar-refractivity contribution in [3.63, 3.8) is 0 Å². The van der Waals surface area contributed by atoms with Gasteiger partial charge in [0.2, 0.25) is 0 Å². The van der Waals surface area contributed by atoms with Gasteiger partial charge in [0.25, 0.3) is 0 Å². The molecule has 2 aliphatic carbocycles. The minimum atomic E-state index is 0.00116. The van der Waals surface area contributed by atoms with Gasteiger partial charge in [0, 0.05) is 0 Å². The Hall–Kier alpha value is -0.0400. The topological polar surface area (TPSA) is 20.2 Å². The zero-order valence-corrected chi connectivity index (χ0v) is 6.80. The lowest BCUT2D eigenvalue weighted by molar-refractivity contribution is 0.0400. The summed E-state index contributed by atoms with van der Waals surface area (Å²) in [6.07, 6.45) is 3.67. The fourth-order valence-electron chi connectivity index (χ4n) is 2.86. The maximum atomic E-state index is 9.65. The largest absolute Gasteiger partial charge is 0.393 e. The molecule has 0 aromatic rings. The van der Waals surface area contributed by atoms with Gasteiger partial charge in [0.1, 0.15) is 0 Å². The van der Waals surface area contributed by atoms with E-state index in [1.165, 1.54) is 12.8 Å². The number of hydrogen-bond acceptors (Lipinski definition) is 1. The van der Waals surface area contributed by atoms with E-state index in [4.69, 9.17) is 0 Å². The monoisotopic (exact) mass is 140 g/mol. The third-order valence-corrected chi connectivity index (χ3v) is 4.09. The first-order valence-electron chi connectivity index (χ1n) is 4.32. The maximum Gasteiger partial charge on any atom is 0.0599 e. The van der Waals surface area contributed by atoms with E-state index in [9.17, 15) is 5.11 Å². The Morgan fingerprint density at radius 3 is 2.40 bits per heavy atom. The average molecular weight is 140 g/mol. The van der Waals surface area contributed by atoms with Crippen LogP contribution < -0.4 is 0 Å². The molecule has 2 bridgehead atoms. The highest BCUT2D eigenvalue weighted by Gasteiger charge is 2.53. The molecule has 0 amide bonds. The van der Waals surface area contributed by atoms with Crippen molar-refractivity contribution in [1.82, 2.24) is 0 Å². The quantitative estimate of drug-likeness (QED) is 0.544. The Labute approximate surface area is 62.4 Å². The van der Waals surface area contributed by atoms with Crippen LogP contribution in [0.4, 0.5) is 0 Å². The third-order valence-electron chi connectivity index (χ3n) is 4.09. The standard InChI is InChI=1S/C9H16O/c1-6-7-3-4-9(6,2)8(10)5-7/h6-8,10H,3-5H2,1-2H3/t6?,7-,8-,9-/m1/s1. The molecule has 0 heterocycles. The zero-order valence-electron chi connectivity index (χ0n) is 6.80. The molecule has 4 atom stereocenters. The minimum absolute atomic E-state index is 0.00116. The Morgan fingerprint density at radius 2 is 2.20 bits per heavy atom. The van der Waals surface area contributed by atoms with Gasteiger partial charge in [-0.15, -0.1) is 0 Å². The third kappa shape index (κ3) is 0.572. The van der Waals surface area contributed by atoms with E-state index >= 15 is 0 Å². The van der Waals surface area contributed by atoms with E-state index in [0.29, 0.717) is 0 Å². The van der Waals surface area contributed by atoms with Gasteiger partial charge in [-0.2, -0.15) is 0 Å². The predicted octanol–water partition coefficient (Wildman–Crippen LogP) is 1.80. The fraction of sp³-hybridized carbons (Fsp3) is 1.00. The summed E-state index contributed by atoms with van der Waals surface area (Å²) in [4.78, 5) is 0. The number of aliphatic hydroxyl groups excluding tert-OH is 1. The molecule has 0 aliphatic heterocycles. The highest BCUT2D eigenvalue weighted by molar-refractivity contribution is 5.03. The number of aliphatic hydroxyl groups is 1. The molecule has 58 valence electrons. The van der Waals surface area contributed by atoms with Gasteiger partial charge in [-0.1, -0.05) is 13.8 Å². The number of fused-ring (bicyclic) bond motifs is 2. The van der Waals surface area contributed by atoms with Crippen LogP contribution in [0.3, 0.4) is 0 Å². The SMILES string of the molecule is CC1[C@@H]2CC[C@@]1(C)[C@H](O)C2. The first-order valence-corrected chi connectivity index (χ1v) is 4.32. The first kappa shape index (κ1) is 6.66. The zero-order chi connectivity index (χ0) is 7.35. The van der Waals surface area contributed by atoms with Gasteiger partial charge in [-0.3, -0.25) is 0 Å². The van der Waals surface area contributed by atoms with Crippen molar-refractivity contribution in [2.75, 3.05) is 0 Å². The van der Waals surface area contributed by atoms with E-state index in [1.54, 1.807) is 0 Å². The van der Waals surface area contributed by atoms with Gasteiger partial charge < -0.3 is 5.11 Å². The molecular formula is C9H16O. The van der Waals surface area contributed by atoms with Crippen LogP contribution in [0.25, 0.3) is 0 Å². The van der Waals surface area contributed by atoms with E-state index in [-0.39, 0.29) is 11.5 Å². The van der Waals surface area contributed by atoms with Gasteiger partial charge in [0.15, 0.2) is 0 Å². The van der Waals surface area contributed by atoms with E-state index in [2.05, 4.69) is 13.8 Å². The molecule has 2 fully saturated rings. The van der Waals surface area contributed by atoms with Crippen molar-refractivity contribution in [2.24, 2.45) is 17.3 Å². The summed E-state index contributed by atoms with van der Waals surface area (Å²) >= 11 is 0. The molecule has 0 saturated heterocycles. The van der Waals surface area contributed by atoms with Crippen molar-refractivity contribution >= 4 is 0 Å². The second-order valence-electron chi connectivity index (χ2n) is 4.34. The van der Waals surface area contributed by atoms with E-state index in [1.807, 2.05) is 0 Å². The van der Waals surface area contributed by atoms with E-state index in [0.717, 1.165) is 18.3 Å². The second kappa shape index (κ2) is 1.76. The van der Waals surface area contributed by atoms with Gasteiger partial charge in [-0.25, -0.2) is 0 Å². The summed E-state index contributed by atoms with van der Waals surface area (Å²) in [6, 6.07) is 0. The predicted molar refractivity (Wildman–Crippen MR) is 40.6 cm³/mol. The summed E-state index contributed by atoms with van der Waals surface area (Å²) in [5, 5.41) is 9.65. The average Bonchev–Trinajstić information content (AvgIpc) is 2.25. The van der Waals surface area contributed by atoms with Crippen LogP contribution >= 0.6 is 0 Å². The number of hydrogen-bond donors (Lipinski definition) is 1. The Morgan fingerprint density at radius 1 is 1.50 bits per heavy atom. The lowest BCUT2D eigenvalue weighted by Gasteiger charge is -2.29. The van der Waals surface area contributed by atoms with Crippen molar-refractivity contribution in [2.45, 2.75) is 39.2 Å². The molecule has 0 radical (unpaired) electrons. The summed E-state index contributed by atoms with van der Waals surface area (Å²) in [6.45, 7) is 4.54. The molecule has 10 heavy (non-hydrogen) atoms. The lowest BCUT2D eigenvalue weighted by atomic mass is 9.80. The van der Waals surface area contributed by atoms with Crippen molar-refractivity contribution in [3.05, 3.63) is 0 Å². The molecule has 1 heteroatoms. The molecule has 0 aromatic carbocycles. The summed E-state index contributed by atoms with van der Waals surface area (Å²) in [7, 11) is 0. The molecule has 2 aliphatic rings. The molecule has 0 spiro atoms. The Balaban J connectivity index is 2.29. The van der Waals surface area contributed by atoms with Crippen LogP contribution in [-0.2, 0) is 0 Å². The minimum Gasteiger partial charge on any atom is -0.393 e. The first-order chi connectivity index (χ1) is 4.64. The molecule has 1 nitrogen and oxygen atoms in total. The summed E-state index contributed by atoms with van der Waals surface area (Å²) < 4.78 is 0.